The van der Waals surface area contributed by atoms with Gasteiger partial charge in [0.05, 0.1) is 15.8 Å². The van der Waals surface area contributed by atoms with Crippen molar-refractivity contribution in [3.05, 3.63) is 120 Å². The summed E-state index contributed by atoms with van der Waals surface area (Å²) in [5, 5.41) is 0. The molecule has 0 heterocycles. The van der Waals surface area contributed by atoms with Gasteiger partial charge in [-0.05, 0) is 85.8 Å². The first-order valence-electron chi connectivity index (χ1n) is 18.1. The van der Waals surface area contributed by atoms with Crippen molar-refractivity contribution in [3.8, 4) is 0 Å². The molecule has 0 bridgehead atoms. The van der Waals surface area contributed by atoms with Gasteiger partial charge in [0, 0.05) is 25.1 Å². The van der Waals surface area contributed by atoms with Crippen molar-refractivity contribution in [2.45, 2.75) is 123 Å². The monoisotopic (exact) mass is 697 g/mol. The van der Waals surface area contributed by atoms with E-state index < -0.39 is 15.9 Å². The molecule has 0 aliphatic heterocycles. The number of sulfonamides is 1. The molecule has 49 heavy (non-hydrogen) atoms. The lowest BCUT2D eigenvalue weighted by Crippen LogP contribution is -2.30. The molecular formula is C42H53N2O3S2+. The molecule has 0 spiro atoms. The standard InChI is InChI=1S/C42H52N2O3S2/c1-3-4-5-6-7-14-23-42(45)43-49(46,47)40-30-24-34(25-31-40)32-44(2)33-37-19-15-16-22-41(37)48(38-20-12-9-13-21-38)39-28-26-36(27-29-39)35-17-10-8-11-18-35/h9,12-13,15-16,19-22,24-31,35H,3-8,10-11,14,17-18,23,32-33H2,1-2H3/p+1. The number of carbonyl (C=O) groups excluding carboxylic acids is 1. The van der Waals surface area contributed by atoms with E-state index in [-0.39, 0.29) is 22.2 Å². The van der Waals surface area contributed by atoms with Crippen molar-refractivity contribution in [1.82, 2.24) is 9.62 Å². The molecule has 1 unspecified atom stereocenters. The summed E-state index contributed by atoms with van der Waals surface area (Å²) < 4.78 is 28.0. The van der Waals surface area contributed by atoms with Gasteiger partial charge in [-0.3, -0.25) is 9.69 Å². The van der Waals surface area contributed by atoms with Crippen LogP contribution < -0.4 is 4.72 Å². The molecule has 4 aromatic carbocycles. The Morgan fingerprint density at radius 2 is 1.37 bits per heavy atom. The lowest BCUT2D eigenvalue weighted by Gasteiger charge is -2.22. The number of nitrogens with one attached hydrogen (secondary N) is 1. The van der Waals surface area contributed by atoms with Crippen molar-refractivity contribution in [1.29, 1.82) is 0 Å². The van der Waals surface area contributed by atoms with E-state index in [0.717, 1.165) is 31.4 Å². The topological polar surface area (TPSA) is 66.5 Å². The van der Waals surface area contributed by atoms with Crippen molar-refractivity contribution < 1.29 is 13.2 Å². The van der Waals surface area contributed by atoms with E-state index in [1.807, 2.05) is 12.1 Å². The second-order valence-corrected chi connectivity index (χ2v) is 17.2. The SMILES string of the molecule is CCCCCCCCC(=O)NS(=O)(=O)c1ccc(CN(C)Cc2ccccc2[S+](c2ccccc2)c2ccc(C3CCCCC3)cc2)cc1. The van der Waals surface area contributed by atoms with E-state index in [2.05, 4.69) is 102 Å². The zero-order valence-electron chi connectivity index (χ0n) is 29.3. The van der Waals surface area contributed by atoms with Crippen LogP contribution in [0.5, 0.6) is 0 Å². The Labute approximate surface area is 297 Å². The van der Waals surface area contributed by atoms with Crippen LogP contribution in [0.25, 0.3) is 0 Å². The molecule has 7 heteroatoms. The second kappa shape index (κ2) is 18.6. The molecule has 1 saturated carbocycles. The van der Waals surface area contributed by atoms with Gasteiger partial charge in [-0.25, -0.2) is 13.1 Å². The molecule has 5 nitrogen and oxygen atoms in total. The molecule has 1 atom stereocenters. The molecule has 5 rings (SSSR count). The maximum absolute atomic E-state index is 12.9. The van der Waals surface area contributed by atoms with E-state index in [1.165, 1.54) is 70.8 Å². The molecule has 4 aromatic rings. The number of rotatable bonds is 17. The van der Waals surface area contributed by atoms with Crippen LogP contribution in [-0.2, 0) is 38.8 Å². The Hall–Kier alpha value is -3.39. The van der Waals surface area contributed by atoms with Gasteiger partial charge < -0.3 is 0 Å². The van der Waals surface area contributed by atoms with Gasteiger partial charge in [0.1, 0.15) is 0 Å². The van der Waals surface area contributed by atoms with E-state index in [9.17, 15) is 13.2 Å². The molecule has 1 N–H and O–H groups in total. The minimum atomic E-state index is -3.89. The highest BCUT2D eigenvalue weighted by Crippen LogP contribution is 2.37. The van der Waals surface area contributed by atoms with E-state index >= 15 is 0 Å². The number of benzene rings is 4. The van der Waals surface area contributed by atoms with Gasteiger partial charge >= 0.3 is 0 Å². The highest BCUT2D eigenvalue weighted by Gasteiger charge is 2.31. The van der Waals surface area contributed by atoms with Gasteiger partial charge in [0.25, 0.3) is 10.0 Å². The quantitative estimate of drug-likeness (QED) is 0.0881. The summed E-state index contributed by atoms with van der Waals surface area (Å²) in [6.45, 7) is 3.58. The summed E-state index contributed by atoms with van der Waals surface area (Å²) in [5.41, 5.74) is 3.76. The Bertz CT molecular complexity index is 1700. The summed E-state index contributed by atoms with van der Waals surface area (Å²) >= 11 is 0. The number of nitrogens with zero attached hydrogens (tertiary/aromatic N) is 1. The smallest absolute Gasteiger partial charge is 0.264 e. The first kappa shape index (κ1) is 36.9. The average Bonchev–Trinajstić information content (AvgIpc) is 3.12. The summed E-state index contributed by atoms with van der Waals surface area (Å²) in [6.07, 6.45) is 13.1. The number of unbranched alkanes of at least 4 members (excludes halogenated alkanes) is 5. The predicted octanol–water partition coefficient (Wildman–Crippen LogP) is 10.0. The summed E-state index contributed by atoms with van der Waals surface area (Å²) in [7, 11) is -2.05. The number of hydrogen-bond donors (Lipinski definition) is 1. The van der Waals surface area contributed by atoms with Gasteiger partial charge in [0.15, 0.2) is 14.7 Å². The van der Waals surface area contributed by atoms with Gasteiger partial charge in [0.2, 0.25) is 5.91 Å². The average molecular weight is 698 g/mol. The summed E-state index contributed by atoms with van der Waals surface area (Å²) in [5.74, 6) is 0.248. The van der Waals surface area contributed by atoms with E-state index in [4.69, 9.17) is 0 Å². The third kappa shape index (κ3) is 10.8. The maximum atomic E-state index is 12.9. The van der Waals surface area contributed by atoms with Gasteiger partial charge in [-0.2, -0.15) is 0 Å². The lowest BCUT2D eigenvalue weighted by molar-refractivity contribution is -0.119. The molecule has 0 radical (unpaired) electrons. The Kier molecular flexibility index (Phi) is 14.0. The minimum absolute atomic E-state index is 0.113. The van der Waals surface area contributed by atoms with Crippen LogP contribution in [0.15, 0.2) is 123 Å². The minimum Gasteiger partial charge on any atom is -0.298 e. The van der Waals surface area contributed by atoms with Gasteiger partial charge in [-0.15, -0.1) is 0 Å². The predicted molar refractivity (Wildman–Crippen MR) is 202 cm³/mol. The zero-order chi connectivity index (χ0) is 34.5. The number of hydrogen-bond acceptors (Lipinski definition) is 4. The first-order chi connectivity index (χ1) is 23.8. The highest BCUT2D eigenvalue weighted by molar-refractivity contribution is 7.97. The second-order valence-electron chi connectivity index (χ2n) is 13.5. The van der Waals surface area contributed by atoms with Crippen LogP contribution >= 0.6 is 0 Å². The summed E-state index contributed by atoms with van der Waals surface area (Å²) in [6, 6.07) is 35.9. The fourth-order valence-electron chi connectivity index (χ4n) is 6.85. The molecule has 0 aromatic heterocycles. The molecule has 1 amide bonds. The van der Waals surface area contributed by atoms with Gasteiger partial charge in [-0.1, -0.05) is 119 Å². The molecular weight excluding hydrogens is 645 g/mol. The molecule has 1 aliphatic carbocycles. The van der Waals surface area contributed by atoms with Crippen LogP contribution in [0.3, 0.4) is 0 Å². The van der Waals surface area contributed by atoms with Crippen molar-refractivity contribution in [3.63, 3.8) is 0 Å². The molecule has 1 aliphatic rings. The van der Waals surface area contributed by atoms with E-state index in [1.54, 1.807) is 12.1 Å². The van der Waals surface area contributed by atoms with Crippen LogP contribution in [-0.4, -0.2) is 26.3 Å². The fraction of sp³-hybridized carbons (Fsp3) is 0.405. The van der Waals surface area contributed by atoms with Crippen LogP contribution in [0.2, 0.25) is 0 Å². The third-order valence-corrected chi connectivity index (χ3v) is 13.2. The normalized spacial score (nSPS) is 14.5. The highest BCUT2D eigenvalue weighted by atomic mass is 32.2. The Morgan fingerprint density at radius 3 is 2.08 bits per heavy atom. The lowest BCUT2D eigenvalue weighted by atomic mass is 9.84. The van der Waals surface area contributed by atoms with Crippen LogP contribution in [0.1, 0.15) is 107 Å². The number of amides is 1. The maximum Gasteiger partial charge on any atom is 0.264 e. The largest absolute Gasteiger partial charge is 0.298 e. The van der Waals surface area contributed by atoms with E-state index in [0.29, 0.717) is 18.9 Å². The fourth-order valence-corrected chi connectivity index (χ4v) is 10.1. The van der Waals surface area contributed by atoms with Crippen molar-refractivity contribution >= 4 is 26.8 Å². The Balaban J connectivity index is 1.24. The number of carbonyl (C=O) groups is 1. The van der Waals surface area contributed by atoms with Crippen molar-refractivity contribution in [2.75, 3.05) is 7.05 Å². The van der Waals surface area contributed by atoms with Crippen LogP contribution in [0.4, 0.5) is 0 Å². The van der Waals surface area contributed by atoms with Crippen LogP contribution in [0, 0.1) is 0 Å². The Morgan fingerprint density at radius 1 is 0.735 bits per heavy atom. The first-order valence-corrected chi connectivity index (χ1v) is 20.8. The molecule has 0 saturated heterocycles. The summed E-state index contributed by atoms with van der Waals surface area (Å²) in [4.78, 5) is 18.7. The zero-order valence-corrected chi connectivity index (χ0v) is 30.9. The molecule has 260 valence electrons. The van der Waals surface area contributed by atoms with Crippen molar-refractivity contribution in [2.24, 2.45) is 0 Å². The third-order valence-electron chi connectivity index (χ3n) is 9.50. The molecule has 1 fully saturated rings.